The van der Waals surface area contributed by atoms with Crippen LogP contribution in [0.15, 0.2) is 73.3 Å². The van der Waals surface area contributed by atoms with Crippen molar-refractivity contribution in [2.45, 2.75) is 19.9 Å². The van der Waals surface area contributed by atoms with Crippen molar-refractivity contribution in [2.24, 2.45) is 4.99 Å². The molecule has 0 spiro atoms. The van der Waals surface area contributed by atoms with E-state index in [1.807, 2.05) is 23.6 Å². The van der Waals surface area contributed by atoms with Gasteiger partial charge in [-0.05, 0) is 49.6 Å². The number of fused-ring (bicyclic) bond motifs is 1. The van der Waals surface area contributed by atoms with Crippen LogP contribution < -0.4 is 14.9 Å². The molecule has 0 fully saturated rings. The monoisotopic (exact) mass is 544 g/mol. The van der Waals surface area contributed by atoms with E-state index in [9.17, 15) is 9.59 Å². The van der Waals surface area contributed by atoms with Crippen LogP contribution in [0.1, 0.15) is 30.5 Å². The van der Waals surface area contributed by atoms with Gasteiger partial charge >= 0.3 is 5.97 Å². The molecule has 0 radical (unpaired) electrons. The number of rotatable bonds is 5. The van der Waals surface area contributed by atoms with Crippen molar-refractivity contribution in [3.63, 3.8) is 0 Å². The number of thiophene rings is 1. The predicted octanol–water partition coefficient (Wildman–Crippen LogP) is 5.43. The number of carbonyl (C=O) groups excluding carboxylic acids is 1. The van der Waals surface area contributed by atoms with Gasteiger partial charge in [0.25, 0.3) is 5.56 Å². The highest BCUT2D eigenvalue weighted by molar-refractivity contribution is 7.10. The highest BCUT2D eigenvalue weighted by atomic mass is 35.5. The smallest absolute Gasteiger partial charge is 0.338 e. The van der Waals surface area contributed by atoms with Crippen molar-refractivity contribution in [1.82, 2.24) is 4.57 Å². The first-order chi connectivity index (χ1) is 16.9. The number of hydrogen-bond acceptors (Lipinski definition) is 7. The van der Waals surface area contributed by atoms with E-state index in [0.717, 1.165) is 4.88 Å². The number of esters is 1. The Bertz CT molecular complexity index is 1640. The van der Waals surface area contributed by atoms with Crippen LogP contribution in [0.2, 0.25) is 10.0 Å². The molecule has 3 aromatic heterocycles. The van der Waals surface area contributed by atoms with Gasteiger partial charge < -0.3 is 9.15 Å². The quantitative estimate of drug-likeness (QED) is 0.314. The molecule has 4 heterocycles. The molecule has 10 heteroatoms. The molecule has 4 aromatic rings. The zero-order valence-electron chi connectivity index (χ0n) is 18.6. The number of allylic oxidation sites excluding steroid dienone is 1. The number of halogens is 2. The number of nitrogens with zero attached hydrogens (tertiary/aromatic N) is 2. The molecule has 1 atom stereocenters. The third-order valence-electron chi connectivity index (χ3n) is 5.45. The van der Waals surface area contributed by atoms with Crippen LogP contribution in [-0.4, -0.2) is 17.1 Å². The van der Waals surface area contributed by atoms with Gasteiger partial charge in [0.2, 0.25) is 0 Å². The number of ether oxygens (including phenoxy) is 1. The molecule has 0 bridgehead atoms. The highest BCUT2D eigenvalue weighted by Crippen LogP contribution is 2.35. The van der Waals surface area contributed by atoms with Crippen molar-refractivity contribution in [3.05, 3.63) is 99.5 Å². The van der Waals surface area contributed by atoms with Crippen molar-refractivity contribution < 1.29 is 13.9 Å². The van der Waals surface area contributed by atoms with Crippen molar-refractivity contribution in [2.75, 3.05) is 6.61 Å². The lowest BCUT2D eigenvalue weighted by Gasteiger charge is -2.23. The highest BCUT2D eigenvalue weighted by Gasteiger charge is 2.33. The topological polar surface area (TPSA) is 73.8 Å². The van der Waals surface area contributed by atoms with Crippen LogP contribution in [0, 0.1) is 0 Å². The third-order valence-corrected chi connectivity index (χ3v) is 8.17. The second-order valence-corrected chi connectivity index (χ2v) is 10.4. The first kappa shape index (κ1) is 23.8. The number of furan rings is 1. The lowest BCUT2D eigenvalue weighted by Crippen LogP contribution is -2.39. The Kier molecular flexibility index (Phi) is 6.55. The minimum Gasteiger partial charge on any atom is -0.463 e. The second-order valence-electron chi connectivity index (χ2n) is 7.62. The summed E-state index contributed by atoms with van der Waals surface area (Å²) in [5.41, 5.74) is 1.29. The van der Waals surface area contributed by atoms with E-state index >= 15 is 0 Å². The molecule has 0 saturated carbocycles. The van der Waals surface area contributed by atoms with Gasteiger partial charge in [-0.3, -0.25) is 9.36 Å². The van der Waals surface area contributed by atoms with Crippen LogP contribution in [0.25, 0.3) is 17.4 Å². The predicted molar refractivity (Wildman–Crippen MR) is 139 cm³/mol. The maximum atomic E-state index is 13.6. The van der Waals surface area contributed by atoms with Gasteiger partial charge in [-0.15, -0.1) is 11.3 Å². The number of thiazole rings is 1. The molecule has 1 aliphatic rings. The Morgan fingerprint density at radius 2 is 2.06 bits per heavy atom. The second kappa shape index (κ2) is 9.62. The number of benzene rings is 1. The Labute approximate surface area is 218 Å². The minimum atomic E-state index is -0.607. The molecule has 0 amide bonds. The summed E-state index contributed by atoms with van der Waals surface area (Å²) in [6.07, 6.45) is 1.67. The Morgan fingerprint density at radius 1 is 1.23 bits per heavy atom. The van der Waals surface area contributed by atoms with E-state index in [1.165, 1.54) is 22.7 Å². The number of carbonyl (C=O) groups is 1. The summed E-state index contributed by atoms with van der Waals surface area (Å²) in [6, 6.07) is 12.0. The molecular formula is C25H18Cl2N2O4S2. The number of hydrogen-bond donors (Lipinski definition) is 0. The first-order valence-corrected chi connectivity index (χ1v) is 13.1. The van der Waals surface area contributed by atoms with Crippen LogP contribution in [0.3, 0.4) is 0 Å². The maximum absolute atomic E-state index is 13.6. The van der Waals surface area contributed by atoms with Crippen LogP contribution >= 0.6 is 45.9 Å². The molecule has 0 N–H and O–H groups in total. The largest absolute Gasteiger partial charge is 0.463 e. The van der Waals surface area contributed by atoms with Gasteiger partial charge in [0.1, 0.15) is 17.6 Å². The summed E-state index contributed by atoms with van der Waals surface area (Å²) in [5, 5.41) is 2.73. The minimum absolute atomic E-state index is 0.231. The average Bonchev–Trinajstić information content (AvgIpc) is 3.57. The van der Waals surface area contributed by atoms with Gasteiger partial charge in [0.15, 0.2) is 4.80 Å². The summed E-state index contributed by atoms with van der Waals surface area (Å²) < 4.78 is 13.2. The first-order valence-electron chi connectivity index (χ1n) is 10.7. The van der Waals surface area contributed by atoms with Gasteiger partial charge in [0.05, 0.1) is 32.5 Å². The van der Waals surface area contributed by atoms with E-state index in [-0.39, 0.29) is 12.2 Å². The molecule has 5 rings (SSSR count). The van der Waals surface area contributed by atoms with E-state index in [0.29, 0.717) is 47.7 Å². The summed E-state index contributed by atoms with van der Waals surface area (Å²) in [4.78, 5) is 32.3. The van der Waals surface area contributed by atoms with Crippen molar-refractivity contribution in [3.8, 4) is 11.3 Å². The molecule has 6 nitrogen and oxygen atoms in total. The Balaban J connectivity index is 1.62. The van der Waals surface area contributed by atoms with Crippen LogP contribution in [-0.2, 0) is 9.53 Å². The van der Waals surface area contributed by atoms with Gasteiger partial charge in [-0.25, -0.2) is 9.79 Å². The molecule has 0 saturated heterocycles. The fraction of sp³-hybridized carbons (Fsp3) is 0.160. The molecule has 35 heavy (non-hydrogen) atoms. The van der Waals surface area contributed by atoms with E-state index in [1.54, 1.807) is 48.8 Å². The zero-order valence-corrected chi connectivity index (χ0v) is 21.7. The molecular weight excluding hydrogens is 527 g/mol. The van der Waals surface area contributed by atoms with Gasteiger partial charge in [-0.1, -0.05) is 46.7 Å². The summed E-state index contributed by atoms with van der Waals surface area (Å²) in [5.74, 6) is 0.541. The van der Waals surface area contributed by atoms with Crippen molar-refractivity contribution >= 4 is 57.9 Å². The molecule has 1 aliphatic heterocycles. The summed E-state index contributed by atoms with van der Waals surface area (Å²) in [7, 11) is 0. The lowest BCUT2D eigenvalue weighted by molar-refractivity contribution is -0.139. The average molecular weight is 545 g/mol. The standard InChI is InChI=1S/C25H18Cl2N2O4S2/c1-3-32-24(31)20-13(2)28-25-29(22(20)18-8-5-11-34-18)23(30)19(35-25)12-14-9-10-17(33-14)15-6-4-7-16(26)21(15)27/h4-12,22H,3H2,1-2H3/b19-12+. The third kappa shape index (κ3) is 4.31. The number of aromatic nitrogens is 1. The fourth-order valence-corrected chi connectivity index (χ4v) is 6.15. The maximum Gasteiger partial charge on any atom is 0.338 e. The van der Waals surface area contributed by atoms with Crippen LogP contribution in [0.5, 0.6) is 0 Å². The lowest BCUT2D eigenvalue weighted by atomic mass is 10.0. The van der Waals surface area contributed by atoms with Crippen molar-refractivity contribution in [1.29, 1.82) is 0 Å². The summed E-state index contributed by atoms with van der Waals surface area (Å²) in [6.45, 7) is 3.74. The fourth-order valence-electron chi connectivity index (χ4n) is 3.91. The van der Waals surface area contributed by atoms with E-state index in [4.69, 9.17) is 32.4 Å². The van der Waals surface area contributed by atoms with Gasteiger partial charge in [-0.2, -0.15) is 0 Å². The van der Waals surface area contributed by atoms with E-state index < -0.39 is 12.0 Å². The SMILES string of the molecule is CCOC(=O)C1=C(C)N=c2s/c(=C/c3ccc(-c4cccc(Cl)c4Cl)o3)c(=O)n2C1c1cccs1. The Morgan fingerprint density at radius 3 is 2.80 bits per heavy atom. The molecule has 1 unspecified atom stereocenters. The van der Waals surface area contributed by atoms with Gasteiger partial charge in [0, 0.05) is 16.5 Å². The molecule has 1 aromatic carbocycles. The van der Waals surface area contributed by atoms with E-state index in [2.05, 4.69) is 4.99 Å². The van der Waals surface area contributed by atoms with Crippen LogP contribution in [0.4, 0.5) is 0 Å². The molecule has 178 valence electrons. The Hall–Kier alpha value is -2.91. The molecule has 0 aliphatic carbocycles. The summed E-state index contributed by atoms with van der Waals surface area (Å²) >= 11 is 15.2. The normalized spacial score (nSPS) is 15.8. The zero-order chi connectivity index (χ0) is 24.7.